The maximum absolute atomic E-state index is 11.9. The highest BCUT2D eigenvalue weighted by atomic mass is 16.5. The Balaban J connectivity index is 2.46. The van der Waals surface area contributed by atoms with Gasteiger partial charge in [-0.3, -0.25) is 9.59 Å². The summed E-state index contributed by atoms with van der Waals surface area (Å²) >= 11 is 0. The number of hydrogen-bond donors (Lipinski definition) is 1. The minimum atomic E-state index is -0.554. The molecule has 0 unspecified atom stereocenters. The van der Waals surface area contributed by atoms with Gasteiger partial charge in [-0.2, -0.15) is 0 Å². The molecular weight excluding hydrogens is 272 g/mol. The first kappa shape index (κ1) is 16.7. The van der Waals surface area contributed by atoms with Gasteiger partial charge in [0.1, 0.15) is 0 Å². The highest BCUT2D eigenvalue weighted by Gasteiger charge is 2.13. The van der Waals surface area contributed by atoms with Crippen LogP contribution in [0.25, 0.3) is 0 Å². The monoisotopic (exact) mass is 292 g/mol. The molecule has 0 fully saturated rings. The van der Waals surface area contributed by atoms with E-state index >= 15 is 0 Å². The molecule has 0 atom stereocenters. The van der Waals surface area contributed by atoms with E-state index < -0.39 is 18.5 Å². The Labute approximate surface area is 124 Å². The summed E-state index contributed by atoms with van der Waals surface area (Å²) in [6.45, 7) is 3.20. The van der Waals surface area contributed by atoms with Crippen molar-refractivity contribution in [3.8, 4) is 0 Å². The largest absolute Gasteiger partial charge is 0.452 e. The molecule has 1 aromatic rings. The summed E-state index contributed by atoms with van der Waals surface area (Å²) in [7, 11) is 3.18. The van der Waals surface area contributed by atoms with Crippen LogP contribution in [0.3, 0.4) is 0 Å². The molecule has 114 valence electrons. The first-order valence-electron chi connectivity index (χ1n) is 6.52. The predicted octanol–water partition coefficient (Wildman–Crippen LogP) is 0.665. The average molecular weight is 292 g/mol. The zero-order valence-corrected chi connectivity index (χ0v) is 12.7. The van der Waals surface area contributed by atoms with Gasteiger partial charge >= 0.3 is 5.97 Å². The van der Waals surface area contributed by atoms with E-state index in [1.807, 2.05) is 13.0 Å². The number of hydrogen-bond acceptors (Lipinski definition) is 4. The number of likely N-dealkylation sites (N-methyl/N-ethyl adjacent to an activating group) is 1. The van der Waals surface area contributed by atoms with Crippen LogP contribution < -0.4 is 5.32 Å². The lowest BCUT2D eigenvalue weighted by Gasteiger charge is -2.11. The minimum absolute atomic E-state index is 0.118. The zero-order chi connectivity index (χ0) is 16.0. The Kier molecular flexibility index (Phi) is 5.90. The SMILES string of the molecule is Cc1ccc(C(=O)OCC(=O)NCC(=O)N(C)C)c(C)c1. The first-order valence-corrected chi connectivity index (χ1v) is 6.52. The third-order valence-electron chi connectivity index (χ3n) is 2.87. The summed E-state index contributed by atoms with van der Waals surface area (Å²) in [6.07, 6.45) is 0. The molecule has 1 aromatic carbocycles. The Bertz CT molecular complexity index is 553. The third kappa shape index (κ3) is 5.25. The lowest BCUT2D eigenvalue weighted by atomic mass is 10.1. The molecule has 0 spiro atoms. The molecule has 1 N–H and O–H groups in total. The van der Waals surface area contributed by atoms with Crippen molar-refractivity contribution >= 4 is 17.8 Å². The van der Waals surface area contributed by atoms with Crippen molar-refractivity contribution in [2.24, 2.45) is 0 Å². The van der Waals surface area contributed by atoms with E-state index in [0.717, 1.165) is 11.1 Å². The van der Waals surface area contributed by atoms with Gasteiger partial charge in [-0.15, -0.1) is 0 Å². The van der Waals surface area contributed by atoms with E-state index in [9.17, 15) is 14.4 Å². The van der Waals surface area contributed by atoms with Gasteiger partial charge in [0.25, 0.3) is 5.91 Å². The average Bonchev–Trinajstić information content (AvgIpc) is 2.41. The molecule has 0 radical (unpaired) electrons. The molecule has 0 bridgehead atoms. The summed E-state index contributed by atoms with van der Waals surface area (Å²) in [6, 6.07) is 5.34. The smallest absolute Gasteiger partial charge is 0.338 e. The van der Waals surface area contributed by atoms with E-state index in [-0.39, 0.29) is 12.5 Å². The maximum atomic E-state index is 11.9. The molecule has 2 amide bonds. The number of rotatable bonds is 5. The van der Waals surface area contributed by atoms with Crippen LogP contribution in [0, 0.1) is 13.8 Å². The molecule has 0 aliphatic carbocycles. The molecule has 1 rings (SSSR count). The zero-order valence-electron chi connectivity index (χ0n) is 12.7. The second kappa shape index (κ2) is 7.42. The fourth-order valence-electron chi connectivity index (χ4n) is 1.63. The summed E-state index contributed by atoms with van der Waals surface area (Å²) < 4.78 is 4.93. The van der Waals surface area contributed by atoms with Crippen LogP contribution in [0.15, 0.2) is 18.2 Å². The van der Waals surface area contributed by atoms with Crippen molar-refractivity contribution < 1.29 is 19.1 Å². The van der Waals surface area contributed by atoms with Crippen molar-refractivity contribution in [3.05, 3.63) is 34.9 Å². The van der Waals surface area contributed by atoms with Gasteiger partial charge < -0.3 is 15.0 Å². The summed E-state index contributed by atoms with van der Waals surface area (Å²) in [4.78, 5) is 36.0. The number of carbonyl (C=O) groups is 3. The van der Waals surface area contributed by atoms with E-state index in [2.05, 4.69) is 5.32 Å². The lowest BCUT2D eigenvalue weighted by molar-refractivity contribution is -0.131. The van der Waals surface area contributed by atoms with Crippen LogP contribution in [0.1, 0.15) is 21.5 Å². The number of aryl methyl sites for hydroxylation is 2. The van der Waals surface area contributed by atoms with E-state index in [1.165, 1.54) is 4.90 Å². The second-order valence-corrected chi connectivity index (χ2v) is 4.96. The molecule has 0 aromatic heterocycles. The topological polar surface area (TPSA) is 75.7 Å². The Morgan fingerprint density at radius 2 is 1.86 bits per heavy atom. The summed E-state index contributed by atoms with van der Waals surface area (Å²) in [5, 5.41) is 2.39. The number of nitrogens with one attached hydrogen (secondary N) is 1. The number of esters is 1. The van der Waals surface area contributed by atoms with Crippen molar-refractivity contribution in [1.29, 1.82) is 0 Å². The number of nitrogens with zero attached hydrogens (tertiary/aromatic N) is 1. The van der Waals surface area contributed by atoms with Gasteiger partial charge in [-0.05, 0) is 25.5 Å². The second-order valence-electron chi connectivity index (χ2n) is 4.96. The fraction of sp³-hybridized carbons (Fsp3) is 0.400. The van der Waals surface area contributed by atoms with Crippen LogP contribution in [0.4, 0.5) is 0 Å². The maximum Gasteiger partial charge on any atom is 0.338 e. The molecule has 6 heteroatoms. The quantitative estimate of drug-likeness (QED) is 0.809. The molecule has 0 saturated carbocycles. The van der Waals surface area contributed by atoms with Crippen LogP contribution in [0.5, 0.6) is 0 Å². The number of amides is 2. The van der Waals surface area contributed by atoms with Crippen LogP contribution >= 0.6 is 0 Å². The van der Waals surface area contributed by atoms with Gasteiger partial charge in [-0.25, -0.2) is 4.79 Å². The van der Waals surface area contributed by atoms with Gasteiger partial charge in [0.2, 0.25) is 5.91 Å². The lowest BCUT2D eigenvalue weighted by Crippen LogP contribution is -2.38. The predicted molar refractivity (Wildman–Crippen MR) is 77.9 cm³/mol. The Hall–Kier alpha value is -2.37. The van der Waals surface area contributed by atoms with Crippen LogP contribution in [-0.4, -0.2) is 49.9 Å². The normalized spacial score (nSPS) is 9.90. The number of benzene rings is 1. The Morgan fingerprint density at radius 3 is 2.43 bits per heavy atom. The third-order valence-corrected chi connectivity index (χ3v) is 2.87. The minimum Gasteiger partial charge on any atom is -0.452 e. The van der Waals surface area contributed by atoms with Crippen molar-refractivity contribution in [2.45, 2.75) is 13.8 Å². The molecule has 0 aliphatic heterocycles. The highest BCUT2D eigenvalue weighted by Crippen LogP contribution is 2.11. The van der Waals surface area contributed by atoms with Crippen LogP contribution in [-0.2, 0) is 14.3 Å². The van der Waals surface area contributed by atoms with Gasteiger partial charge in [0.15, 0.2) is 6.61 Å². The van der Waals surface area contributed by atoms with Crippen molar-refractivity contribution in [1.82, 2.24) is 10.2 Å². The summed E-state index contributed by atoms with van der Waals surface area (Å²) in [5.74, 6) is -1.30. The number of carbonyl (C=O) groups excluding carboxylic acids is 3. The van der Waals surface area contributed by atoms with Crippen molar-refractivity contribution in [2.75, 3.05) is 27.2 Å². The van der Waals surface area contributed by atoms with E-state index in [4.69, 9.17) is 4.74 Å². The molecule has 6 nitrogen and oxygen atoms in total. The summed E-state index contributed by atoms with van der Waals surface area (Å²) in [5.41, 5.74) is 2.27. The Morgan fingerprint density at radius 1 is 1.19 bits per heavy atom. The van der Waals surface area contributed by atoms with Gasteiger partial charge in [-0.1, -0.05) is 17.7 Å². The van der Waals surface area contributed by atoms with Crippen LogP contribution in [0.2, 0.25) is 0 Å². The van der Waals surface area contributed by atoms with Crippen molar-refractivity contribution in [3.63, 3.8) is 0 Å². The molecule has 0 saturated heterocycles. The fourth-order valence-corrected chi connectivity index (χ4v) is 1.63. The standard InChI is InChI=1S/C15H20N2O4/c1-10-5-6-12(11(2)7-10)15(20)21-9-13(18)16-8-14(19)17(3)4/h5-7H,8-9H2,1-4H3,(H,16,18). The molecular formula is C15H20N2O4. The first-order chi connectivity index (χ1) is 9.81. The van der Waals surface area contributed by atoms with E-state index in [1.54, 1.807) is 33.2 Å². The van der Waals surface area contributed by atoms with E-state index in [0.29, 0.717) is 5.56 Å². The molecule has 0 aliphatic rings. The van der Waals surface area contributed by atoms with Gasteiger partial charge in [0.05, 0.1) is 12.1 Å². The number of ether oxygens (including phenoxy) is 1. The molecule has 21 heavy (non-hydrogen) atoms. The highest BCUT2D eigenvalue weighted by molar-refractivity contribution is 5.93. The van der Waals surface area contributed by atoms with Gasteiger partial charge in [0, 0.05) is 14.1 Å². The molecule has 0 heterocycles.